The molecule has 20 N–H and O–H groups in total. The summed E-state index contributed by atoms with van der Waals surface area (Å²) in [7, 11) is -17.0. The minimum absolute atomic E-state index is 0.0517. The van der Waals surface area contributed by atoms with Crippen LogP contribution >= 0.6 is 30.8 Å². The van der Waals surface area contributed by atoms with Crippen LogP contribution in [-0.2, 0) is 96.3 Å². The lowest BCUT2D eigenvalue weighted by atomic mass is 10.00. The van der Waals surface area contributed by atoms with Crippen molar-refractivity contribution in [1.82, 2.24) is 0 Å². The fraction of sp³-hybridized carbons (Fsp3) is 0.667. The van der Waals surface area contributed by atoms with Gasteiger partial charge in [-0.05, 0) is 190 Å². The number of rotatable bonds is 64. The van der Waals surface area contributed by atoms with E-state index in [0.717, 1.165) is 76.2 Å². The molecule has 5 rings (SSSR count). The van der Waals surface area contributed by atoms with Crippen LogP contribution in [0.25, 0.3) is 0 Å². The third-order valence-electron chi connectivity index (χ3n) is 21.3. The Hall–Kier alpha value is -4.15. The SMILES string of the molecule is CCCCCCCCc1ccc(CCC(N)C(O)CP(=O)(O)O)cc1.CCCCCCCCc1ccc(CCC(N)CC(=O)O)cc1.CCCCCCCCc1ccc(CCC(N)CCP(=O)(O)O)cc1.CCCCCCCCc1ccc(CCC(N)COP(=O)(O)O)cc1.CCCCCCCCc1ccc(CCC(N)COP(=O)(O)O)cc1. The molecule has 6 atom stereocenters. The molecule has 0 saturated carbocycles. The molecule has 0 heterocycles. The van der Waals surface area contributed by atoms with Crippen molar-refractivity contribution in [2.45, 2.75) is 373 Å². The van der Waals surface area contributed by atoms with Gasteiger partial charge >= 0.3 is 36.8 Å². The molecule has 6 unspecified atom stereocenters. The van der Waals surface area contributed by atoms with Crippen molar-refractivity contribution in [2.75, 3.05) is 25.5 Å². The van der Waals surface area contributed by atoms with Gasteiger partial charge in [0.1, 0.15) is 0 Å². The summed E-state index contributed by atoms with van der Waals surface area (Å²) in [6, 6.07) is 41.2. The van der Waals surface area contributed by atoms with Gasteiger partial charge in [0.2, 0.25) is 0 Å². The molecule has 0 radical (unpaired) electrons. The van der Waals surface area contributed by atoms with Gasteiger partial charge < -0.3 is 78.0 Å². The van der Waals surface area contributed by atoms with Crippen LogP contribution in [0.3, 0.4) is 0 Å². The molecule has 0 saturated heterocycles. The standard InChI is InChI=1S/C19H34NO4P.C19H34NO3P.C19H31NO2.2C18H32NO4P/c1-2-3-4-5-6-7-8-16-9-11-17(12-10-16)13-14-18(20)19(21)15-25(22,23)24;1-2-3-4-5-6-7-8-17-9-11-18(12-10-17)13-14-19(20)15-16-24(21,22)23;1-2-3-4-5-6-7-8-16-9-11-17(12-10-16)13-14-18(20)15-19(21)22;2*1-2-3-4-5-6-7-8-16-9-11-17(12-10-16)13-14-18(19)15-23-24(20,21)22/h9-12,18-19,21H,2-8,13-15,20H2,1H3,(H2,22,23,24);9-12,19H,2-8,13-16,20H2,1H3,(H2,21,22,23);9-12,18H,2-8,13-15,20H2,1H3,(H,21,22);2*9-12,18H,2-8,13-15,19H2,1H3,(H2,20,21,22). The lowest BCUT2D eigenvalue weighted by Crippen LogP contribution is -2.37. The second-order valence-corrected chi connectivity index (χ2v) is 38.8. The molecule has 119 heavy (non-hydrogen) atoms. The molecule has 0 bridgehead atoms. The number of carbonyl (C=O) groups is 1. The number of aryl methyl sites for hydroxylation is 10. The highest BCUT2D eigenvalue weighted by atomic mass is 31.2. The van der Waals surface area contributed by atoms with Gasteiger partial charge in [-0.15, -0.1) is 0 Å². The number of phosphoric acid groups is 2. The van der Waals surface area contributed by atoms with Crippen molar-refractivity contribution in [3.8, 4) is 0 Å². The largest absolute Gasteiger partial charge is 0.481 e. The summed E-state index contributed by atoms with van der Waals surface area (Å²) in [6.07, 6.45) is 50.8. The maximum absolute atomic E-state index is 10.9. The van der Waals surface area contributed by atoms with E-state index >= 15 is 0 Å². The monoisotopic (exact) mass is 1750 g/mol. The van der Waals surface area contributed by atoms with E-state index in [0.29, 0.717) is 32.1 Å². The zero-order valence-corrected chi connectivity index (χ0v) is 77.2. The number of carboxylic acid groups (broad SMARTS) is 1. The van der Waals surface area contributed by atoms with Crippen molar-refractivity contribution in [3.63, 3.8) is 0 Å². The maximum atomic E-state index is 10.9. The van der Waals surface area contributed by atoms with Crippen LogP contribution < -0.4 is 28.7 Å². The van der Waals surface area contributed by atoms with E-state index in [2.05, 4.69) is 165 Å². The number of carboxylic acids is 1. The highest BCUT2D eigenvalue weighted by Gasteiger charge is 2.25. The zero-order chi connectivity index (χ0) is 88.4. The Morgan fingerprint density at radius 1 is 0.294 bits per heavy atom. The lowest BCUT2D eigenvalue weighted by molar-refractivity contribution is -0.137. The van der Waals surface area contributed by atoms with Crippen molar-refractivity contribution < 1.29 is 81.5 Å². The molecule has 26 heteroatoms. The van der Waals surface area contributed by atoms with Gasteiger partial charge in [0.25, 0.3) is 0 Å². The van der Waals surface area contributed by atoms with Crippen LogP contribution in [0, 0.1) is 0 Å². The highest BCUT2D eigenvalue weighted by Crippen LogP contribution is 2.38. The van der Waals surface area contributed by atoms with Crippen molar-refractivity contribution in [3.05, 3.63) is 177 Å². The number of hydrogen-bond acceptors (Lipinski definition) is 13. The predicted octanol–water partition coefficient (Wildman–Crippen LogP) is 20.0. The van der Waals surface area contributed by atoms with Gasteiger partial charge in [-0.2, -0.15) is 0 Å². The molecular formula is C93H163N5O17P4. The summed E-state index contributed by atoms with van der Waals surface area (Å²) in [5, 5.41) is 18.4. The van der Waals surface area contributed by atoms with E-state index in [-0.39, 0.29) is 50.0 Å². The first-order valence-electron chi connectivity index (χ1n) is 45.2. The molecule has 0 aliphatic heterocycles. The average Bonchev–Trinajstić information content (AvgIpc) is 0.916. The second kappa shape index (κ2) is 70.1. The van der Waals surface area contributed by atoms with E-state index < -0.39 is 55.1 Å². The lowest BCUT2D eigenvalue weighted by Gasteiger charge is -2.19. The number of unbranched alkanes of at least 4 members (excludes halogenated alkanes) is 25. The van der Waals surface area contributed by atoms with Crippen LogP contribution in [0.15, 0.2) is 121 Å². The van der Waals surface area contributed by atoms with Crippen LogP contribution in [-0.4, -0.2) is 117 Å². The van der Waals surface area contributed by atoms with E-state index in [4.69, 9.17) is 72.9 Å². The second-order valence-electron chi connectivity index (χ2n) is 32.8. The summed E-state index contributed by atoms with van der Waals surface area (Å²) in [5.41, 5.74) is 42.0. The van der Waals surface area contributed by atoms with Gasteiger partial charge in [0.05, 0.1) is 38.1 Å². The number of aliphatic hydroxyl groups excluding tert-OH is 1. The minimum Gasteiger partial charge on any atom is -0.481 e. The van der Waals surface area contributed by atoms with E-state index in [9.17, 15) is 28.2 Å². The fourth-order valence-electron chi connectivity index (χ4n) is 13.6. The van der Waals surface area contributed by atoms with E-state index in [1.165, 1.54) is 243 Å². The normalized spacial score (nSPS) is 13.3. The Kier molecular flexibility index (Phi) is 66.5. The van der Waals surface area contributed by atoms with Gasteiger partial charge in [-0.3, -0.25) is 23.0 Å². The van der Waals surface area contributed by atoms with Gasteiger partial charge in [0.15, 0.2) is 0 Å². The summed E-state index contributed by atoms with van der Waals surface area (Å²) in [4.78, 5) is 80.7. The van der Waals surface area contributed by atoms with Gasteiger partial charge in [-0.25, -0.2) is 9.13 Å². The number of hydrogen-bond donors (Lipinski definition) is 15. The van der Waals surface area contributed by atoms with Crippen LogP contribution in [0.5, 0.6) is 0 Å². The van der Waals surface area contributed by atoms with Gasteiger partial charge in [0, 0.05) is 30.2 Å². The molecule has 5 aromatic carbocycles. The van der Waals surface area contributed by atoms with Crippen LogP contribution in [0.1, 0.15) is 328 Å². The first-order valence-corrected chi connectivity index (χ1v) is 51.9. The minimum atomic E-state index is -4.42. The summed E-state index contributed by atoms with van der Waals surface area (Å²) in [6.45, 7) is 10.9. The molecule has 0 aliphatic carbocycles. The Bertz CT molecular complexity index is 3220. The third kappa shape index (κ3) is 70.8. The molecule has 5 aromatic rings. The molecule has 0 fully saturated rings. The molecule has 0 aliphatic rings. The summed E-state index contributed by atoms with van der Waals surface area (Å²) >= 11 is 0. The number of benzene rings is 5. The average molecular weight is 1750 g/mol. The van der Waals surface area contributed by atoms with Crippen molar-refractivity contribution in [2.24, 2.45) is 28.7 Å². The Morgan fingerprint density at radius 3 is 0.723 bits per heavy atom. The summed E-state index contributed by atoms with van der Waals surface area (Å²) in [5.74, 6) is -0.818. The van der Waals surface area contributed by atoms with Crippen molar-refractivity contribution in [1.29, 1.82) is 0 Å². The first kappa shape index (κ1) is 113. The highest BCUT2D eigenvalue weighted by molar-refractivity contribution is 7.52. The molecule has 682 valence electrons. The first-order chi connectivity index (χ1) is 56.6. The van der Waals surface area contributed by atoms with Crippen LogP contribution in [0.4, 0.5) is 0 Å². The molecular weight excluding hydrogens is 1580 g/mol. The smallest absolute Gasteiger partial charge is 0.469 e. The molecule has 0 aromatic heterocycles. The van der Waals surface area contributed by atoms with Gasteiger partial charge in [-0.1, -0.05) is 316 Å². The molecule has 22 nitrogen and oxygen atoms in total. The Balaban J connectivity index is 0.000000744. The van der Waals surface area contributed by atoms with Crippen molar-refractivity contribution >= 4 is 36.8 Å². The number of aliphatic hydroxyl groups is 1. The molecule has 0 amide bonds. The fourth-order valence-corrected chi connectivity index (χ4v) is 15.8. The van der Waals surface area contributed by atoms with E-state index in [1.807, 2.05) is 0 Å². The Labute approximate surface area is 718 Å². The number of aliphatic carboxylic acids is 1. The quantitative estimate of drug-likeness (QED) is 0.0127. The maximum Gasteiger partial charge on any atom is 0.469 e. The predicted molar refractivity (Wildman–Crippen MR) is 492 cm³/mol. The van der Waals surface area contributed by atoms with Crippen LogP contribution in [0.2, 0.25) is 0 Å². The third-order valence-corrected chi connectivity index (χ3v) is 23.9. The summed E-state index contributed by atoms with van der Waals surface area (Å²) < 4.78 is 51.8. The molecule has 0 spiro atoms. The van der Waals surface area contributed by atoms with E-state index in [1.54, 1.807) is 0 Å². The number of nitrogens with two attached hydrogens (primary N) is 5. The number of phosphoric ester groups is 2. The topological polar surface area (TPSA) is 436 Å². The Morgan fingerprint density at radius 2 is 0.504 bits per heavy atom. The zero-order valence-electron chi connectivity index (χ0n) is 73.6.